The van der Waals surface area contributed by atoms with E-state index < -0.39 is 0 Å². The van der Waals surface area contributed by atoms with E-state index in [0.717, 1.165) is 12.8 Å². The number of nitrogens with zero attached hydrogens (tertiary/aromatic N) is 1. The summed E-state index contributed by atoms with van der Waals surface area (Å²) in [6.07, 6.45) is 3.61. The summed E-state index contributed by atoms with van der Waals surface area (Å²) in [6, 6.07) is 5.30. The Labute approximate surface area is 96.3 Å². The predicted molar refractivity (Wildman–Crippen MR) is 64.0 cm³/mol. The van der Waals surface area contributed by atoms with Crippen LogP contribution in [0.15, 0.2) is 24.4 Å². The molecule has 0 aliphatic carbocycles. The van der Waals surface area contributed by atoms with Crippen molar-refractivity contribution in [2.45, 2.75) is 19.8 Å². The number of hydrogen-bond donors (Lipinski definition) is 2. The van der Waals surface area contributed by atoms with Crippen LogP contribution in [-0.2, 0) is 0 Å². The van der Waals surface area contributed by atoms with Gasteiger partial charge in [-0.1, -0.05) is 13.0 Å². The Balaban J connectivity index is 2.21. The van der Waals surface area contributed by atoms with Crippen molar-refractivity contribution in [2.24, 2.45) is 11.7 Å². The molecular formula is C12H19N3O. The van der Waals surface area contributed by atoms with Crippen molar-refractivity contribution in [3.8, 4) is 0 Å². The van der Waals surface area contributed by atoms with Crippen LogP contribution < -0.4 is 11.1 Å². The second kappa shape index (κ2) is 6.95. The smallest absolute Gasteiger partial charge is 0.269 e. The van der Waals surface area contributed by atoms with E-state index in [9.17, 15) is 4.79 Å². The van der Waals surface area contributed by atoms with Crippen LogP contribution in [0, 0.1) is 5.92 Å². The zero-order valence-electron chi connectivity index (χ0n) is 9.65. The van der Waals surface area contributed by atoms with Gasteiger partial charge in [0.2, 0.25) is 0 Å². The Morgan fingerprint density at radius 3 is 3.00 bits per heavy atom. The van der Waals surface area contributed by atoms with Crippen molar-refractivity contribution in [2.75, 3.05) is 13.1 Å². The second-order valence-corrected chi connectivity index (χ2v) is 3.95. The molecule has 0 aromatic carbocycles. The molecule has 1 atom stereocenters. The van der Waals surface area contributed by atoms with Gasteiger partial charge < -0.3 is 11.1 Å². The highest BCUT2D eigenvalue weighted by atomic mass is 16.1. The van der Waals surface area contributed by atoms with Gasteiger partial charge in [0.1, 0.15) is 5.69 Å². The molecule has 1 heterocycles. The van der Waals surface area contributed by atoms with E-state index >= 15 is 0 Å². The summed E-state index contributed by atoms with van der Waals surface area (Å²) in [5, 5.41) is 2.84. The maximum atomic E-state index is 11.6. The Morgan fingerprint density at radius 2 is 2.38 bits per heavy atom. The quantitative estimate of drug-likeness (QED) is 0.709. The number of hydrogen-bond acceptors (Lipinski definition) is 3. The number of carbonyl (C=O) groups excluding carboxylic acids is 1. The lowest BCUT2D eigenvalue weighted by Crippen LogP contribution is -2.25. The molecule has 4 nitrogen and oxygen atoms in total. The first-order valence-corrected chi connectivity index (χ1v) is 5.63. The van der Waals surface area contributed by atoms with E-state index in [4.69, 9.17) is 5.73 Å². The summed E-state index contributed by atoms with van der Waals surface area (Å²) in [7, 11) is 0. The summed E-state index contributed by atoms with van der Waals surface area (Å²) in [4.78, 5) is 15.5. The predicted octanol–water partition coefficient (Wildman–Crippen LogP) is 1.19. The first-order chi connectivity index (χ1) is 7.74. The average Bonchev–Trinajstić information content (AvgIpc) is 2.35. The average molecular weight is 221 g/mol. The van der Waals surface area contributed by atoms with Crippen LogP contribution in [0.2, 0.25) is 0 Å². The van der Waals surface area contributed by atoms with Gasteiger partial charge >= 0.3 is 0 Å². The summed E-state index contributed by atoms with van der Waals surface area (Å²) in [5.74, 6) is 0.410. The van der Waals surface area contributed by atoms with Crippen molar-refractivity contribution in [1.29, 1.82) is 0 Å². The first kappa shape index (κ1) is 12.6. The molecule has 0 spiro atoms. The zero-order valence-corrected chi connectivity index (χ0v) is 9.65. The van der Waals surface area contributed by atoms with Crippen molar-refractivity contribution in [1.82, 2.24) is 10.3 Å². The topological polar surface area (TPSA) is 68.0 Å². The molecule has 0 bridgehead atoms. The molecule has 1 unspecified atom stereocenters. The fourth-order valence-corrected chi connectivity index (χ4v) is 1.36. The third kappa shape index (κ3) is 4.40. The van der Waals surface area contributed by atoms with Crippen LogP contribution in [0.4, 0.5) is 0 Å². The largest absolute Gasteiger partial charge is 0.351 e. The van der Waals surface area contributed by atoms with E-state index in [1.54, 1.807) is 24.4 Å². The minimum atomic E-state index is -0.110. The molecule has 1 rings (SSSR count). The van der Waals surface area contributed by atoms with E-state index in [-0.39, 0.29) is 5.91 Å². The second-order valence-electron chi connectivity index (χ2n) is 3.95. The number of rotatable bonds is 6. The Morgan fingerprint density at radius 1 is 1.56 bits per heavy atom. The maximum Gasteiger partial charge on any atom is 0.269 e. The molecule has 1 amide bonds. The summed E-state index contributed by atoms with van der Waals surface area (Å²) in [5.41, 5.74) is 5.97. The molecule has 0 aliphatic rings. The molecule has 0 aliphatic heterocycles. The van der Waals surface area contributed by atoms with Gasteiger partial charge in [0, 0.05) is 12.7 Å². The maximum absolute atomic E-state index is 11.6. The lowest BCUT2D eigenvalue weighted by atomic mass is 10.1. The molecule has 1 aromatic rings. The third-order valence-corrected chi connectivity index (χ3v) is 2.46. The molecule has 88 valence electrons. The van der Waals surface area contributed by atoms with Gasteiger partial charge in [-0.25, -0.2) is 0 Å². The van der Waals surface area contributed by atoms with Crippen LogP contribution in [0.3, 0.4) is 0 Å². The van der Waals surface area contributed by atoms with Crippen LogP contribution in [0.5, 0.6) is 0 Å². The van der Waals surface area contributed by atoms with E-state index in [0.29, 0.717) is 24.7 Å². The minimum absolute atomic E-state index is 0.110. The Hall–Kier alpha value is -1.42. The molecule has 0 saturated carbocycles. The normalized spacial score (nSPS) is 12.1. The van der Waals surface area contributed by atoms with Gasteiger partial charge in [-0.2, -0.15) is 0 Å². The van der Waals surface area contributed by atoms with Crippen molar-refractivity contribution in [3.05, 3.63) is 30.1 Å². The highest BCUT2D eigenvalue weighted by Crippen LogP contribution is 2.02. The van der Waals surface area contributed by atoms with Crippen LogP contribution >= 0.6 is 0 Å². The fraction of sp³-hybridized carbons (Fsp3) is 0.500. The van der Waals surface area contributed by atoms with E-state index in [1.165, 1.54) is 0 Å². The van der Waals surface area contributed by atoms with Crippen LogP contribution in [0.1, 0.15) is 30.3 Å². The van der Waals surface area contributed by atoms with Gasteiger partial charge in [-0.15, -0.1) is 0 Å². The molecule has 0 radical (unpaired) electrons. The molecular weight excluding hydrogens is 202 g/mol. The minimum Gasteiger partial charge on any atom is -0.351 e. The van der Waals surface area contributed by atoms with Crippen molar-refractivity contribution < 1.29 is 4.79 Å². The summed E-state index contributed by atoms with van der Waals surface area (Å²) < 4.78 is 0. The zero-order chi connectivity index (χ0) is 11.8. The summed E-state index contributed by atoms with van der Waals surface area (Å²) in [6.45, 7) is 3.49. The molecule has 0 fully saturated rings. The standard InChI is InChI=1S/C12H19N3O/c1-10(9-13)5-4-8-15-12(16)11-6-2-3-7-14-11/h2-3,6-7,10H,4-5,8-9,13H2,1H3,(H,15,16). The summed E-state index contributed by atoms with van der Waals surface area (Å²) >= 11 is 0. The fourth-order valence-electron chi connectivity index (χ4n) is 1.36. The van der Waals surface area contributed by atoms with E-state index in [2.05, 4.69) is 17.2 Å². The SMILES string of the molecule is CC(CN)CCCNC(=O)c1ccccn1. The Kier molecular flexibility index (Phi) is 5.50. The molecule has 16 heavy (non-hydrogen) atoms. The molecule has 3 N–H and O–H groups in total. The van der Waals surface area contributed by atoms with Gasteiger partial charge in [0.05, 0.1) is 0 Å². The van der Waals surface area contributed by atoms with E-state index in [1.807, 2.05) is 0 Å². The first-order valence-electron chi connectivity index (χ1n) is 5.63. The number of pyridine rings is 1. The van der Waals surface area contributed by atoms with Gasteiger partial charge in [-0.3, -0.25) is 9.78 Å². The molecule has 0 saturated heterocycles. The van der Waals surface area contributed by atoms with Gasteiger partial charge in [-0.05, 0) is 37.4 Å². The lowest BCUT2D eigenvalue weighted by Gasteiger charge is -2.08. The number of amides is 1. The highest BCUT2D eigenvalue weighted by molar-refractivity contribution is 5.92. The van der Waals surface area contributed by atoms with Gasteiger partial charge in [0.15, 0.2) is 0 Å². The van der Waals surface area contributed by atoms with Crippen LogP contribution in [-0.4, -0.2) is 24.0 Å². The van der Waals surface area contributed by atoms with Gasteiger partial charge in [0.25, 0.3) is 5.91 Å². The molecule has 1 aromatic heterocycles. The highest BCUT2D eigenvalue weighted by Gasteiger charge is 2.05. The Bertz CT molecular complexity index is 313. The van der Waals surface area contributed by atoms with Crippen molar-refractivity contribution >= 4 is 5.91 Å². The third-order valence-electron chi connectivity index (χ3n) is 2.46. The number of aromatic nitrogens is 1. The van der Waals surface area contributed by atoms with Crippen LogP contribution in [0.25, 0.3) is 0 Å². The monoisotopic (exact) mass is 221 g/mol. The molecule has 4 heteroatoms. The number of nitrogens with one attached hydrogen (secondary N) is 1. The lowest BCUT2D eigenvalue weighted by molar-refractivity contribution is 0.0947. The number of carbonyl (C=O) groups is 1. The van der Waals surface area contributed by atoms with Crippen molar-refractivity contribution in [3.63, 3.8) is 0 Å². The number of nitrogens with two attached hydrogens (primary N) is 1.